The van der Waals surface area contributed by atoms with Gasteiger partial charge in [-0.05, 0) is 38.7 Å². The number of hydrogen-bond acceptors (Lipinski definition) is 5. The monoisotopic (exact) mass is 539 g/mol. The predicted molar refractivity (Wildman–Crippen MR) is 151 cm³/mol. The second-order valence-electron chi connectivity index (χ2n) is 11.2. The average Bonchev–Trinajstić information content (AvgIpc) is 3.49. The summed E-state index contributed by atoms with van der Waals surface area (Å²) in [7, 11) is 0. The van der Waals surface area contributed by atoms with E-state index in [-0.39, 0.29) is 41.5 Å². The number of amides is 3. The summed E-state index contributed by atoms with van der Waals surface area (Å²) in [4.78, 5) is 47.9. The summed E-state index contributed by atoms with van der Waals surface area (Å²) in [6, 6.07) is 8.46. The maximum Gasteiger partial charge on any atom is 0.247 e. The van der Waals surface area contributed by atoms with E-state index in [9.17, 15) is 19.5 Å². The maximum absolute atomic E-state index is 14.3. The van der Waals surface area contributed by atoms with Gasteiger partial charge in [0.1, 0.15) is 6.04 Å². The highest BCUT2D eigenvalue weighted by Crippen LogP contribution is 2.69. The molecule has 0 saturated carbocycles. The number of aliphatic hydroxyl groups excluding tert-OH is 1. The second-order valence-corrected chi connectivity index (χ2v) is 12.7. The van der Waals surface area contributed by atoms with Gasteiger partial charge in [0.25, 0.3) is 0 Å². The third kappa shape index (κ3) is 4.49. The van der Waals surface area contributed by atoms with Crippen LogP contribution in [0.3, 0.4) is 0 Å². The lowest BCUT2D eigenvalue weighted by Crippen LogP contribution is -2.59. The Hall–Kier alpha value is -2.58. The van der Waals surface area contributed by atoms with E-state index in [0.717, 1.165) is 12.0 Å². The fourth-order valence-electron chi connectivity index (χ4n) is 6.84. The van der Waals surface area contributed by atoms with Gasteiger partial charge in [-0.2, -0.15) is 0 Å². The summed E-state index contributed by atoms with van der Waals surface area (Å²) >= 11 is 1.66. The molecule has 3 saturated heterocycles. The van der Waals surface area contributed by atoms with E-state index >= 15 is 0 Å². The van der Waals surface area contributed by atoms with Crippen LogP contribution in [0.15, 0.2) is 55.6 Å². The van der Waals surface area contributed by atoms with Crippen LogP contribution < -0.4 is 0 Å². The van der Waals surface area contributed by atoms with E-state index in [1.165, 1.54) is 0 Å². The fourth-order valence-corrected chi connectivity index (χ4v) is 9.23. The summed E-state index contributed by atoms with van der Waals surface area (Å²) in [5.74, 6) is -1.44. The number of thioether (sulfide) groups is 1. The summed E-state index contributed by atoms with van der Waals surface area (Å²) in [6.07, 6.45) is 4.19. The first kappa shape index (κ1) is 28.4. The third-order valence-corrected chi connectivity index (χ3v) is 10.6. The smallest absolute Gasteiger partial charge is 0.247 e. The van der Waals surface area contributed by atoms with Crippen LogP contribution in [-0.4, -0.2) is 85.3 Å². The predicted octanol–water partition coefficient (Wildman–Crippen LogP) is 3.34. The number of rotatable bonds is 11. The number of fused-ring (bicyclic) bond motifs is 1. The highest BCUT2D eigenvalue weighted by molar-refractivity contribution is 8.02. The van der Waals surface area contributed by atoms with Crippen molar-refractivity contribution < 1.29 is 19.5 Å². The van der Waals surface area contributed by atoms with Crippen LogP contribution >= 0.6 is 11.8 Å². The second kappa shape index (κ2) is 11.3. The molecule has 4 rings (SSSR count). The molecule has 38 heavy (non-hydrogen) atoms. The zero-order valence-corrected chi connectivity index (χ0v) is 23.8. The van der Waals surface area contributed by atoms with Crippen LogP contribution in [0.2, 0.25) is 0 Å². The zero-order valence-electron chi connectivity index (χ0n) is 23.0. The molecular weight excluding hydrogens is 498 g/mol. The SMILES string of the molecule is C=CCN(Cc1ccccc1)C(=O)[C@@H]1[C@H]2C(=O)N([C@H](C)CO)C(C(=O)N(CC=C)C(C)C)C23S[C@@H]1CC3C. The van der Waals surface area contributed by atoms with Gasteiger partial charge in [-0.3, -0.25) is 14.4 Å². The zero-order chi connectivity index (χ0) is 27.8. The fraction of sp³-hybridized carbons (Fsp3) is 0.567. The van der Waals surface area contributed by atoms with Gasteiger partial charge in [0.2, 0.25) is 17.7 Å². The van der Waals surface area contributed by atoms with Crippen LogP contribution in [0.1, 0.15) is 39.7 Å². The number of likely N-dealkylation sites (tertiary alicyclic amines) is 1. The topological polar surface area (TPSA) is 81.2 Å². The summed E-state index contributed by atoms with van der Waals surface area (Å²) in [5.41, 5.74) is 1.01. The van der Waals surface area contributed by atoms with E-state index in [1.54, 1.807) is 45.5 Å². The van der Waals surface area contributed by atoms with E-state index in [2.05, 4.69) is 20.1 Å². The van der Waals surface area contributed by atoms with E-state index in [4.69, 9.17) is 0 Å². The first-order valence-corrected chi connectivity index (χ1v) is 14.5. The molecular formula is C30H41N3O4S. The lowest BCUT2D eigenvalue weighted by molar-refractivity contribution is -0.147. The summed E-state index contributed by atoms with van der Waals surface area (Å²) in [6.45, 7) is 16.4. The lowest BCUT2D eigenvalue weighted by Gasteiger charge is -2.42. The molecule has 1 spiro atoms. The average molecular weight is 540 g/mol. The van der Waals surface area contributed by atoms with E-state index < -0.39 is 28.7 Å². The van der Waals surface area contributed by atoms with Gasteiger partial charge in [0.15, 0.2) is 0 Å². The molecule has 3 amide bonds. The van der Waals surface area contributed by atoms with Crippen molar-refractivity contribution in [2.45, 2.75) is 68.8 Å². The molecule has 3 aliphatic heterocycles. The minimum Gasteiger partial charge on any atom is -0.394 e. The van der Waals surface area contributed by atoms with Crippen molar-refractivity contribution in [1.82, 2.24) is 14.7 Å². The molecule has 2 bridgehead atoms. The Labute approximate surface area is 230 Å². The van der Waals surface area contributed by atoms with Gasteiger partial charge in [0, 0.05) is 30.9 Å². The minimum atomic E-state index is -0.741. The molecule has 0 aromatic heterocycles. The lowest BCUT2D eigenvalue weighted by atomic mass is 9.65. The number of carbonyl (C=O) groups excluding carboxylic acids is 3. The number of nitrogens with zero attached hydrogens (tertiary/aromatic N) is 3. The van der Waals surface area contributed by atoms with Crippen LogP contribution in [0, 0.1) is 17.8 Å². The van der Waals surface area contributed by atoms with Gasteiger partial charge in [-0.25, -0.2) is 0 Å². The molecule has 1 N–H and O–H groups in total. The van der Waals surface area contributed by atoms with Crippen LogP contribution in [0.25, 0.3) is 0 Å². The minimum absolute atomic E-state index is 0.0386. The van der Waals surface area contributed by atoms with Crippen molar-refractivity contribution in [2.75, 3.05) is 19.7 Å². The molecule has 3 unspecified atom stereocenters. The van der Waals surface area contributed by atoms with Crippen LogP contribution in [-0.2, 0) is 20.9 Å². The van der Waals surface area contributed by atoms with Crippen LogP contribution in [0.5, 0.6) is 0 Å². The highest BCUT2D eigenvalue weighted by atomic mass is 32.2. The molecule has 7 nitrogen and oxygen atoms in total. The standard InChI is InChI=1S/C30H41N3O4S/c1-7-14-31(17-22-12-10-9-11-13-22)27(35)24-23-16-20(5)30(38-23)25(24)28(36)33(21(6)18-34)26(30)29(37)32(15-8-2)19(3)4/h7-13,19-21,23-26,34H,1-2,14-18H2,3-6H3/t20?,21-,23-,24+,25+,26?,30?/m1/s1. The quantitative estimate of drug-likeness (QED) is 0.437. The Bertz CT molecular complexity index is 1080. The molecule has 206 valence electrons. The molecule has 3 aliphatic rings. The Kier molecular flexibility index (Phi) is 8.43. The Balaban J connectivity index is 1.76. The Morgan fingerprint density at radius 2 is 1.82 bits per heavy atom. The van der Waals surface area contributed by atoms with Crippen molar-refractivity contribution in [3.05, 3.63) is 61.2 Å². The first-order valence-electron chi connectivity index (χ1n) is 13.6. The van der Waals surface area contributed by atoms with Gasteiger partial charge in [0.05, 0.1) is 29.2 Å². The number of hydrogen-bond donors (Lipinski definition) is 1. The summed E-state index contributed by atoms with van der Waals surface area (Å²) < 4.78 is -0.719. The molecule has 0 radical (unpaired) electrons. The van der Waals surface area contributed by atoms with Crippen LogP contribution in [0.4, 0.5) is 0 Å². The highest BCUT2D eigenvalue weighted by Gasteiger charge is 2.76. The van der Waals surface area contributed by atoms with Gasteiger partial charge < -0.3 is 19.8 Å². The number of aliphatic hydroxyl groups is 1. The van der Waals surface area contributed by atoms with Gasteiger partial charge in [-0.15, -0.1) is 24.9 Å². The molecule has 0 aliphatic carbocycles. The van der Waals surface area contributed by atoms with Crippen molar-refractivity contribution in [3.63, 3.8) is 0 Å². The first-order chi connectivity index (χ1) is 18.1. The largest absolute Gasteiger partial charge is 0.394 e. The van der Waals surface area contributed by atoms with Crippen molar-refractivity contribution in [2.24, 2.45) is 17.8 Å². The molecule has 3 heterocycles. The molecule has 1 aromatic carbocycles. The van der Waals surface area contributed by atoms with Gasteiger partial charge >= 0.3 is 0 Å². The Morgan fingerprint density at radius 1 is 1.16 bits per heavy atom. The van der Waals surface area contributed by atoms with Gasteiger partial charge in [-0.1, -0.05) is 49.4 Å². The molecule has 3 fully saturated rings. The van der Waals surface area contributed by atoms with Crippen molar-refractivity contribution in [3.8, 4) is 0 Å². The summed E-state index contributed by atoms with van der Waals surface area (Å²) in [5, 5.41) is 10.1. The third-order valence-electron chi connectivity index (χ3n) is 8.55. The Morgan fingerprint density at radius 3 is 2.39 bits per heavy atom. The maximum atomic E-state index is 14.3. The van der Waals surface area contributed by atoms with Crippen molar-refractivity contribution in [1.29, 1.82) is 0 Å². The van der Waals surface area contributed by atoms with E-state index in [1.807, 2.05) is 44.2 Å². The normalized spacial score (nSPS) is 30.3. The number of benzene rings is 1. The van der Waals surface area contributed by atoms with Crippen molar-refractivity contribution >= 4 is 29.5 Å². The van der Waals surface area contributed by atoms with E-state index in [0.29, 0.717) is 19.6 Å². The molecule has 1 aromatic rings. The molecule has 7 atom stereocenters. The number of carbonyl (C=O) groups is 3. The molecule has 8 heteroatoms.